The molecule has 0 saturated heterocycles. The fraction of sp³-hybridized carbons (Fsp3) is 0.250. The monoisotopic (exact) mass is 215 g/mol. The summed E-state index contributed by atoms with van der Waals surface area (Å²) in [6, 6.07) is 3.88. The molecule has 0 aliphatic heterocycles. The Kier molecular flexibility index (Phi) is 1.89. The second kappa shape index (κ2) is 3.27. The van der Waals surface area contributed by atoms with E-state index in [1.54, 1.807) is 6.20 Å². The number of aromatic hydroxyl groups is 1. The van der Waals surface area contributed by atoms with Crippen molar-refractivity contribution in [1.82, 2.24) is 10.2 Å². The molecule has 1 aromatic heterocycles. The molecular formula is C12H13N3O. The van der Waals surface area contributed by atoms with Crippen LogP contribution in [-0.2, 0) is 12.8 Å². The number of nitrogens with one attached hydrogen (secondary N) is 1. The minimum Gasteiger partial charge on any atom is -0.507 e. The number of H-pyrrole nitrogens is 1. The summed E-state index contributed by atoms with van der Waals surface area (Å²) in [4.78, 5) is 0. The number of nitrogens with two attached hydrogens (primary N) is 1. The number of phenols is 1. The Bertz CT molecular complexity index is 545. The highest BCUT2D eigenvalue weighted by molar-refractivity contribution is 5.78. The third-order valence-corrected chi connectivity index (χ3v) is 3.17. The predicted molar refractivity (Wildman–Crippen MR) is 62.1 cm³/mol. The molecule has 0 radical (unpaired) electrons. The van der Waals surface area contributed by atoms with E-state index in [0.29, 0.717) is 5.82 Å². The summed E-state index contributed by atoms with van der Waals surface area (Å²) in [7, 11) is 0. The first-order valence-corrected chi connectivity index (χ1v) is 5.39. The number of benzene rings is 1. The van der Waals surface area contributed by atoms with Gasteiger partial charge < -0.3 is 10.8 Å². The first-order chi connectivity index (χ1) is 7.75. The second-order valence-corrected chi connectivity index (χ2v) is 4.19. The van der Waals surface area contributed by atoms with Gasteiger partial charge in [-0.05, 0) is 42.5 Å². The van der Waals surface area contributed by atoms with Gasteiger partial charge in [-0.2, -0.15) is 5.10 Å². The first-order valence-electron chi connectivity index (χ1n) is 5.39. The zero-order valence-corrected chi connectivity index (χ0v) is 8.83. The summed E-state index contributed by atoms with van der Waals surface area (Å²) in [5.41, 5.74) is 9.86. The number of nitrogen functional groups attached to an aromatic ring is 1. The van der Waals surface area contributed by atoms with Crippen LogP contribution < -0.4 is 5.73 Å². The van der Waals surface area contributed by atoms with Crippen LogP contribution >= 0.6 is 0 Å². The molecule has 1 aromatic carbocycles. The van der Waals surface area contributed by atoms with Crippen LogP contribution in [0.5, 0.6) is 5.75 Å². The number of anilines is 1. The van der Waals surface area contributed by atoms with E-state index >= 15 is 0 Å². The minimum absolute atomic E-state index is 0.286. The third kappa shape index (κ3) is 1.26. The molecule has 0 bridgehead atoms. The van der Waals surface area contributed by atoms with Crippen LogP contribution in [0.2, 0.25) is 0 Å². The normalized spacial score (nSPS) is 14.0. The Labute approximate surface area is 93.1 Å². The van der Waals surface area contributed by atoms with Crippen molar-refractivity contribution in [3.05, 3.63) is 29.5 Å². The number of aryl methyl sites for hydroxylation is 2. The van der Waals surface area contributed by atoms with Crippen LogP contribution in [0.25, 0.3) is 11.1 Å². The zero-order valence-electron chi connectivity index (χ0n) is 8.83. The van der Waals surface area contributed by atoms with E-state index in [1.165, 1.54) is 17.5 Å². The summed E-state index contributed by atoms with van der Waals surface area (Å²) < 4.78 is 0. The predicted octanol–water partition coefficient (Wildman–Crippen LogP) is 1.85. The van der Waals surface area contributed by atoms with Gasteiger partial charge in [0.1, 0.15) is 11.6 Å². The topological polar surface area (TPSA) is 74.9 Å². The van der Waals surface area contributed by atoms with Crippen molar-refractivity contribution >= 4 is 5.82 Å². The molecule has 0 saturated carbocycles. The fourth-order valence-corrected chi connectivity index (χ4v) is 2.34. The number of nitrogens with zero attached hydrogens (tertiary/aromatic N) is 1. The molecule has 0 unspecified atom stereocenters. The van der Waals surface area contributed by atoms with Crippen LogP contribution in [0.4, 0.5) is 5.82 Å². The molecule has 0 atom stereocenters. The summed E-state index contributed by atoms with van der Waals surface area (Å²) >= 11 is 0. The SMILES string of the molecule is Nc1[nH]ncc1-c1cc2c(cc1O)CCC2. The van der Waals surface area contributed by atoms with Crippen molar-refractivity contribution in [3.8, 4) is 16.9 Å². The van der Waals surface area contributed by atoms with Gasteiger partial charge in [0, 0.05) is 11.1 Å². The number of aromatic nitrogens is 2. The molecule has 0 spiro atoms. The Balaban J connectivity index is 2.18. The largest absolute Gasteiger partial charge is 0.507 e. The van der Waals surface area contributed by atoms with Gasteiger partial charge in [-0.3, -0.25) is 5.10 Å². The van der Waals surface area contributed by atoms with Crippen LogP contribution in [0, 0.1) is 0 Å². The van der Waals surface area contributed by atoms with Gasteiger partial charge in [-0.15, -0.1) is 0 Å². The van der Waals surface area contributed by atoms with Crippen LogP contribution in [0.1, 0.15) is 17.5 Å². The zero-order chi connectivity index (χ0) is 11.1. The Morgan fingerprint density at radius 2 is 1.94 bits per heavy atom. The summed E-state index contributed by atoms with van der Waals surface area (Å²) in [5, 5.41) is 16.5. The lowest BCUT2D eigenvalue weighted by Crippen LogP contribution is -1.90. The number of phenolic OH excluding ortho intramolecular Hbond substituents is 1. The average Bonchev–Trinajstić information content (AvgIpc) is 2.85. The van der Waals surface area contributed by atoms with E-state index in [4.69, 9.17) is 5.73 Å². The van der Waals surface area contributed by atoms with Crippen molar-refractivity contribution in [2.45, 2.75) is 19.3 Å². The number of rotatable bonds is 1. The molecule has 1 heterocycles. The summed E-state index contributed by atoms with van der Waals surface area (Å²) in [6.07, 6.45) is 4.95. The van der Waals surface area contributed by atoms with E-state index in [9.17, 15) is 5.11 Å². The highest BCUT2D eigenvalue weighted by Crippen LogP contribution is 2.36. The van der Waals surface area contributed by atoms with Gasteiger partial charge in [0.05, 0.1) is 6.20 Å². The average molecular weight is 215 g/mol. The quantitative estimate of drug-likeness (QED) is 0.679. The highest BCUT2D eigenvalue weighted by Gasteiger charge is 2.17. The summed E-state index contributed by atoms with van der Waals surface area (Å²) in [5.74, 6) is 0.780. The molecule has 2 aromatic rings. The van der Waals surface area contributed by atoms with E-state index in [0.717, 1.165) is 24.0 Å². The van der Waals surface area contributed by atoms with E-state index in [-0.39, 0.29) is 5.75 Å². The van der Waals surface area contributed by atoms with Crippen LogP contribution in [0.3, 0.4) is 0 Å². The standard InChI is InChI=1S/C12H13N3O/c13-12-10(6-14-15-12)9-4-7-2-1-3-8(7)5-11(9)16/h4-6,16H,1-3H2,(H3,13,14,15). The molecule has 16 heavy (non-hydrogen) atoms. The van der Waals surface area contributed by atoms with Crippen molar-refractivity contribution in [1.29, 1.82) is 0 Å². The molecule has 4 nitrogen and oxygen atoms in total. The molecule has 3 rings (SSSR count). The van der Waals surface area contributed by atoms with E-state index in [2.05, 4.69) is 10.2 Å². The maximum absolute atomic E-state index is 9.97. The van der Waals surface area contributed by atoms with Gasteiger partial charge in [0.15, 0.2) is 0 Å². The highest BCUT2D eigenvalue weighted by atomic mass is 16.3. The van der Waals surface area contributed by atoms with Crippen molar-refractivity contribution in [2.24, 2.45) is 0 Å². The molecule has 4 heteroatoms. The Hall–Kier alpha value is -1.97. The van der Waals surface area contributed by atoms with Crippen molar-refractivity contribution in [2.75, 3.05) is 5.73 Å². The number of hydrogen-bond donors (Lipinski definition) is 3. The maximum Gasteiger partial charge on any atom is 0.126 e. The Morgan fingerprint density at radius 3 is 2.62 bits per heavy atom. The molecule has 82 valence electrons. The summed E-state index contributed by atoms with van der Waals surface area (Å²) in [6.45, 7) is 0. The molecule has 1 aliphatic rings. The third-order valence-electron chi connectivity index (χ3n) is 3.17. The second-order valence-electron chi connectivity index (χ2n) is 4.19. The van der Waals surface area contributed by atoms with E-state index in [1.807, 2.05) is 12.1 Å². The van der Waals surface area contributed by atoms with Crippen LogP contribution in [-0.4, -0.2) is 15.3 Å². The smallest absolute Gasteiger partial charge is 0.126 e. The number of fused-ring (bicyclic) bond motifs is 1. The molecule has 1 aliphatic carbocycles. The fourth-order valence-electron chi connectivity index (χ4n) is 2.34. The lowest BCUT2D eigenvalue weighted by atomic mass is 10.0. The molecular weight excluding hydrogens is 202 g/mol. The van der Waals surface area contributed by atoms with Gasteiger partial charge in [0.25, 0.3) is 0 Å². The van der Waals surface area contributed by atoms with Gasteiger partial charge in [-0.25, -0.2) is 0 Å². The lowest BCUT2D eigenvalue weighted by Gasteiger charge is -2.07. The minimum atomic E-state index is 0.286. The van der Waals surface area contributed by atoms with Crippen LogP contribution in [0.15, 0.2) is 18.3 Å². The maximum atomic E-state index is 9.97. The molecule has 0 amide bonds. The molecule has 4 N–H and O–H groups in total. The molecule has 0 fully saturated rings. The van der Waals surface area contributed by atoms with E-state index < -0.39 is 0 Å². The first kappa shape index (κ1) is 9.27. The Morgan fingerprint density at radius 1 is 1.19 bits per heavy atom. The van der Waals surface area contributed by atoms with Gasteiger partial charge in [0.2, 0.25) is 0 Å². The number of aromatic amines is 1. The van der Waals surface area contributed by atoms with Crippen molar-refractivity contribution < 1.29 is 5.11 Å². The van der Waals surface area contributed by atoms with Crippen molar-refractivity contribution in [3.63, 3.8) is 0 Å². The lowest BCUT2D eigenvalue weighted by molar-refractivity contribution is 0.476. The van der Waals surface area contributed by atoms with Gasteiger partial charge in [-0.1, -0.05) is 0 Å². The van der Waals surface area contributed by atoms with Gasteiger partial charge >= 0.3 is 0 Å². The number of hydrogen-bond acceptors (Lipinski definition) is 3.